The zero-order valence-electron chi connectivity index (χ0n) is 22.2. The quantitative estimate of drug-likeness (QED) is 0.393. The van der Waals surface area contributed by atoms with Gasteiger partial charge < -0.3 is 15.0 Å². The van der Waals surface area contributed by atoms with E-state index in [9.17, 15) is 22.4 Å². The van der Waals surface area contributed by atoms with Crippen LogP contribution < -0.4 is 14.4 Å². The van der Waals surface area contributed by atoms with Crippen molar-refractivity contribution < 1.29 is 27.1 Å². The number of hydrogen-bond acceptors (Lipinski definition) is 5. The second-order valence-corrected chi connectivity index (χ2v) is 10.9. The largest absolute Gasteiger partial charge is 0.497 e. The Balaban J connectivity index is 2.21. The molecule has 8 nitrogen and oxygen atoms in total. The van der Waals surface area contributed by atoms with Crippen LogP contribution in [0.15, 0.2) is 48.5 Å². The fourth-order valence-corrected chi connectivity index (χ4v) is 4.86. The molecule has 204 valence electrons. The minimum Gasteiger partial charge on any atom is -0.497 e. The number of hydrogen-bond donors (Lipinski definition) is 1. The van der Waals surface area contributed by atoms with Crippen molar-refractivity contribution in [3.8, 4) is 5.75 Å². The molecule has 0 saturated carbocycles. The molecule has 0 aliphatic rings. The molecule has 0 aliphatic heterocycles. The minimum absolute atomic E-state index is 0.0382. The Morgan fingerprint density at radius 2 is 1.65 bits per heavy atom. The summed E-state index contributed by atoms with van der Waals surface area (Å²) in [5, 5.41) is 2.95. The SMILES string of the molecule is CC[C@H](C)NC(=O)[C@H](CC)N(Cc1ccc(F)cc1)C(=O)CCCN(c1ccc(OC)cc1)S(C)(=O)=O. The van der Waals surface area contributed by atoms with Crippen LogP contribution in [0.2, 0.25) is 0 Å². The summed E-state index contributed by atoms with van der Waals surface area (Å²) in [6.45, 7) is 5.93. The summed E-state index contributed by atoms with van der Waals surface area (Å²) in [6.07, 6.45) is 2.56. The third-order valence-corrected chi connectivity index (χ3v) is 7.36. The fourth-order valence-electron chi connectivity index (χ4n) is 3.90. The van der Waals surface area contributed by atoms with Crippen LogP contribution in [0.4, 0.5) is 10.1 Å². The van der Waals surface area contributed by atoms with Gasteiger partial charge in [0.25, 0.3) is 0 Å². The summed E-state index contributed by atoms with van der Waals surface area (Å²) >= 11 is 0. The summed E-state index contributed by atoms with van der Waals surface area (Å²) < 4.78 is 44.7. The monoisotopic (exact) mass is 535 g/mol. The second kappa shape index (κ2) is 14.0. The molecule has 1 N–H and O–H groups in total. The summed E-state index contributed by atoms with van der Waals surface area (Å²) in [5.41, 5.74) is 1.17. The van der Waals surface area contributed by atoms with E-state index in [0.717, 1.165) is 12.7 Å². The van der Waals surface area contributed by atoms with Gasteiger partial charge in [-0.05, 0) is 68.1 Å². The van der Waals surface area contributed by atoms with Crippen molar-refractivity contribution in [2.45, 2.75) is 65.1 Å². The van der Waals surface area contributed by atoms with Crippen LogP contribution in [0.5, 0.6) is 5.75 Å². The van der Waals surface area contributed by atoms with E-state index in [0.29, 0.717) is 23.4 Å². The first kappa shape index (κ1) is 30.1. The Hall–Kier alpha value is -3.14. The summed E-state index contributed by atoms with van der Waals surface area (Å²) in [6, 6.07) is 11.7. The highest BCUT2D eigenvalue weighted by molar-refractivity contribution is 7.92. The van der Waals surface area contributed by atoms with Crippen LogP contribution in [-0.4, -0.2) is 57.1 Å². The zero-order chi connectivity index (χ0) is 27.6. The van der Waals surface area contributed by atoms with E-state index in [1.54, 1.807) is 36.4 Å². The summed E-state index contributed by atoms with van der Waals surface area (Å²) in [7, 11) is -2.06. The normalized spacial score (nSPS) is 12.9. The number of nitrogens with zero attached hydrogens (tertiary/aromatic N) is 2. The molecule has 0 fully saturated rings. The molecule has 0 heterocycles. The standard InChI is InChI=1S/C27H38FN3O5S/c1-6-20(3)29-27(33)25(7-2)30(19-21-10-12-22(28)13-11-21)26(32)9-8-18-31(37(5,34)35)23-14-16-24(36-4)17-15-23/h10-17,20,25H,6-9,18-19H2,1-5H3,(H,29,33)/t20-,25-/m0/s1. The van der Waals surface area contributed by atoms with Crippen LogP contribution in [0.1, 0.15) is 52.0 Å². The number of nitrogens with one attached hydrogen (secondary N) is 1. The Morgan fingerprint density at radius 3 is 2.16 bits per heavy atom. The predicted molar refractivity (Wildman–Crippen MR) is 143 cm³/mol. The van der Waals surface area contributed by atoms with Gasteiger partial charge in [0.1, 0.15) is 17.6 Å². The van der Waals surface area contributed by atoms with E-state index in [4.69, 9.17) is 4.74 Å². The zero-order valence-corrected chi connectivity index (χ0v) is 23.1. The van der Waals surface area contributed by atoms with Crippen molar-refractivity contribution in [1.82, 2.24) is 10.2 Å². The molecule has 37 heavy (non-hydrogen) atoms. The number of carbonyl (C=O) groups excluding carboxylic acids is 2. The van der Waals surface area contributed by atoms with Crippen LogP contribution in [-0.2, 0) is 26.2 Å². The lowest BCUT2D eigenvalue weighted by molar-refractivity contribution is -0.141. The first-order chi connectivity index (χ1) is 17.5. The average Bonchev–Trinajstić information content (AvgIpc) is 2.86. The lowest BCUT2D eigenvalue weighted by atomic mass is 10.1. The number of anilines is 1. The Kier molecular flexibility index (Phi) is 11.4. The average molecular weight is 536 g/mol. The highest BCUT2D eigenvalue weighted by Gasteiger charge is 2.29. The van der Waals surface area contributed by atoms with Gasteiger partial charge >= 0.3 is 0 Å². The van der Waals surface area contributed by atoms with Gasteiger partial charge in [-0.3, -0.25) is 13.9 Å². The number of methoxy groups -OCH3 is 1. The fraction of sp³-hybridized carbons (Fsp3) is 0.481. The Labute approximate surface area is 219 Å². The van der Waals surface area contributed by atoms with Crippen LogP contribution in [0, 0.1) is 5.82 Å². The second-order valence-electron chi connectivity index (χ2n) is 9.03. The minimum atomic E-state index is -3.59. The predicted octanol–water partition coefficient (Wildman–Crippen LogP) is 4.10. The van der Waals surface area contributed by atoms with Gasteiger partial charge in [-0.25, -0.2) is 12.8 Å². The number of carbonyl (C=O) groups is 2. The van der Waals surface area contributed by atoms with Crippen molar-refractivity contribution in [3.63, 3.8) is 0 Å². The Morgan fingerprint density at radius 1 is 1.03 bits per heavy atom. The number of ether oxygens (including phenoxy) is 1. The highest BCUT2D eigenvalue weighted by Crippen LogP contribution is 2.22. The highest BCUT2D eigenvalue weighted by atomic mass is 32.2. The van der Waals surface area contributed by atoms with Crippen molar-refractivity contribution in [1.29, 1.82) is 0 Å². The number of amides is 2. The summed E-state index contributed by atoms with van der Waals surface area (Å²) in [4.78, 5) is 27.9. The maximum absolute atomic E-state index is 13.4. The molecule has 2 rings (SSSR count). The van der Waals surface area contributed by atoms with Crippen molar-refractivity contribution in [2.75, 3.05) is 24.2 Å². The number of benzene rings is 2. The maximum Gasteiger partial charge on any atom is 0.243 e. The number of rotatable bonds is 14. The molecule has 0 saturated heterocycles. The Bertz CT molecular complexity index is 1120. The van der Waals surface area contributed by atoms with Gasteiger partial charge in [0.2, 0.25) is 21.8 Å². The van der Waals surface area contributed by atoms with E-state index >= 15 is 0 Å². The molecule has 0 bridgehead atoms. The van der Waals surface area contributed by atoms with Crippen LogP contribution in [0.3, 0.4) is 0 Å². The molecular weight excluding hydrogens is 497 g/mol. The van der Waals surface area contributed by atoms with E-state index < -0.39 is 16.1 Å². The molecule has 0 radical (unpaired) electrons. The molecule has 0 unspecified atom stereocenters. The molecular formula is C27H38FN3O5S. The van der Waals surface area contributed by atoms with E-state index in [1.807, 2.05) is 20.8 Å². The first-order valence-electron chi connectivity index (χ1n) is 12.5. The van der Waals surface area contributed by atoms with Gasteiger partial charge in [0, 0.05) is 25.6 Å². The molecule has 0 aliphatic carbocycles. The van der Waals surface area contributed by atoms with Gasteiger partial charge in [-0.15, -0.1) is 0 Å². The van der Waals surface area contributed by atoms with E-state index in [2.05, 4.69) is 5.32 Å². The van der Waals surface area contributed by atoms with Crippen molar-refractivity contribution in [3.05, 3.63) is 59.9 Å². The molecule has 2 aromatic carbocycles. The molecule has 0 spiro atoms. The first-order valence-corrected chi connectivity index (χ1v) is 14.3. The molecule has 10 heteroatoms. The van der Waals surface area contributed by atoms with E-state index in [-0.39, 0.29) is 49.6 Å². The van der Waals surface area contributed by atoms with Crippen molar-refractivity contribution >= 4 is 27.5 Å². The summed E-state index contributed by atoms with van der Waals surface area (Å²) in [5.74, 6) is -0.311. The lowest BCUT2D eigenvalue weighted by Crippen LogP contribution is -2.50. The van der Waals surface area contributed by atoms with E-state index in [1.165, 1.54) is 28.4 Å². The van der Waals surface area contributed by atoms with Gasteiger partial charge in [0.15, 0.2) is 0 Å². The lowest BCUT2D eigenvalue weighted by Gasteiger charge is -2.32. The van der Waals surface area contributed by atoms with Crippen LogP contribution >= 0.6 is 0 Å². The van der Waals surface area contributed by atoms with Crippen molar-refractivity contribution in [2.24, 2.45) is 0 Å². The molecule has 2 atom stereocenters. The molecule has 2 amide bonds. The maximum atomic E-state index is 13.4. The van der Waals surface area contributed by atoms with Gasteiger partial charge in [-0.1, -0.05) is 26.0 Å². The van der Waals surface area contributed by atoms with Gasteiger partial charge in [-0.2, -0.15) is 0 Å². The topological polar surface area (TPSA) is 96.0 Å². The number of sulfonamides is 1. The van der Waals surface area contributed by atoms with Gasteiger partial charge in [0.05, 0.1) is 19.1 Å². The third-order valence-electron chi connectivity index (χ3n) is 6.17. The van der Waals surface area contributed by atoms with Crippen LogP contribution in [0.25, 0.3) is 0 Å². The smallest absolute Gasteiger partial charge is 0.243 e. The molecule has 2 aromatic rings. The number of halogens is 1. The molecule has 0 aromatic heterocycles. The third kappa shape index (κ3) is 9.03.